The first-order chi connectivity index (χ1) is 11.0. The summed E-state index contributed by atoms with van der Waals surface area (Å²) in [5.41, 5.74) is 2.51. The number of carbonyl (C=O) groups excluding carboxylic acids is 2. The zero-order chi connectivity index (χ0) is 16.4. The number of carbonyl (C=O) groups is 2. The molecule has 1 aromatic carbocycles. The highest BCUT2D eigenvalue weighted by Gasteiger charge is 2.55. The summed E-state index contributed by atoms with van der Waals surface area (Å²) >= 11 is 0. The van der Waals surface area contributed by atoms with Crippen LogP contribution in [0.5, 0.6) is 0 Å². The van der Waals surface area contributed by atoms with E-state index in [4.69, 9.17) is 4.74 Å². The van der Waals surface area contributed by atoms with Crippen molar-refractivity contribution in [1.29, 1.82) is 0 Å². The van der Waals surface area contributed by atoms with Crippen molar-refractivity contribution in [2.45, 2.75) is 26.2 Å². The summed E-state index contributed by atoms with van der Waals surface area (Å²) in [6.07, 6.45) is 2.26. The number of nitrogens with one attached hydrogen (secondary N) is 2. The van der Waals surface area contributed by atoms with E-state index in [1.54, 1.807) is 0 Å². The van der Waals surface area contributed by atoms with Crippen LogP contribution in [0.1, 0.15) is 25.3 Å². The van der Waals surface area contributed by atoms with Gasteiger partial charge in [0.1, 0.15) is 0 Å². The molecule has 2 unspecified atom stereocenters. The normalized spacial score (nSPS) is 25.9. The molecule has 1 saturated carbocycles. The summed E-state index contributed by atoms with van der Waals surface area (Å²) in [6.45, 7) is 7.02. The van der Waals surface area contributed by atoms with E-state index in [-0.39, 0.29) is 17.9 Å². The second-order valence-electron chi connectivity index (χ2n) is 6.44. The van der Waals surface area contributed by atoms with Gasteiger partial charge in [0.05, 0.1) is 12.0 Å². The number of urea groups is 1. The first-order valence-corrected chi connectivity index (χ1v) is 8.01. The minimum absolute atomic E-state index is 0.0920. The van der Waals surface area contributed by atoms with Gasteiger partial charge in [-0.25, -0.2) is 4.79 Å². The maximum atomic E-state index is 12.3. The second-order valence-corrected chi connectivity index (χ2v) is 6.44. The predicted molar refractivity (Wildman–Crippen MR) is 88.1 cm³/mol. The molecule has 2 fully saturated rings. The van der Waals surface area contributed by atoms with Crippen molar-refractivity contribution in [3.63, 3.8) is 0 Å². The third kappa shape index (κ3) is 2.96. The van der Waals surface area contributed by atoms with Gasteiger partial charge in [-0.2, -0.15) is 0 Å². The molecule has 0 spiro atoms. The SMILES string of the molecule is C=C1CC2COC(=O)C2(Cc2ccc(NC(=O)NCC)cc2)C1. The molecule has 5 heteroatoms. The Morgan fingerprint density at radius 1 is 1.39 bits per heavy atom. The number of rotatable bonds is 4. The van der Waals surface area contributed by atoms with Gasteiger partial charge in [-0.15, -0.1) is 0 Å². The van der Waals surface area contributed by atoms with Crippen LogP contribution in [-0.2, 0) is 16.0 Å². The van der Waals surface area contributed by atoms with E-state index in [2.05, 4.69) is 17.2 Å². The van der Waals surface area contributed by atoms with Crippen molar-refractivity contribution < 1.29 is 14.3 Å². The Balaban J connectivity index is 1.72. The maximum Gasteiger partial charge on any atom is 0.319 e. The maximum absolute atomic E-state index is 12.3. The van der Waals surface area contributed by atoms with Crippen LogP contribution < -0.4 is 10.6 Å². The molecule has 5 nitrogen and oxygen atoms in total. The lowest BCUT2D eigenvalue weighted by Crippen LogP contribution is -2.31. The lowest BCUT2D eigenvalue weighted by atomic mass is 9.75. The highest BCUT2D eigenvalue weighted by molar-refractivity contribution is 5.89. The fourth-order valence-electron chi connectivity index (χ4n) is 3.67. The topological polar surface area (TPSA) is 67.4 Å². The van der Waals surface area contributed by atoms with Gasteiger partial charge in [0, 0.05) is 18.2 Å². The van der Waals surface area contributed by atoms with Gasteiger partial charge in [0.15, 0.2) is 0 Å². The third-order valence-electron chi connectivity index (χ3n) is 4.77. The fraction of sp³-hybridized carbons (Fsp3) is 0.444. The number of ether oxygens (including phenoxy) is 1. The van der Waals surface area contributed by atoms with Crippen LogP contribution in [0.25, 0.3) is 0 Å². The van der Waals surface area contributed by atoms with Crippen molar-refractivity contribution in [1.82, 2.24) is 5.32 Å². The molecule has 3 rings (SSSR count). The third-order valence-corrected chi connectivity index (χ3v) is 4.77. The molecule has 0 radical (unpaired) electrons. The minimum atomic E-state index is -0.439. The molecule has 1 heterocycles. The number of hydrogen-bond donors (Lipinski definition) is 2. The predicted octanol–water partition coefficient (Wildman–Crippen LogP) is 2.88. The summed E-state index contributed by atoms with van der Waals surface area (Å²) in [4.78, 5) is 23.8. The molecule has 1 aliphatic heterocycles. The zero-order valence-corrected chi connectivity index (χ0v) is 13.4. The molecular weight excluding hydrogens is 292 g/mol. The van der Waals surface area contributed by atoms with Gasteiger partial charge >= 0.3 is 12.0 Å². The molecule has 2 aliphatic rings. The number of amides is 2. The van der Waals surface area contributed by atoms with E-state index in [1.165, 1.54) is 0 Å². The van der Waals surface area contributed by atoms with Crippen molar-refractivity contribution in [2.75, 3.05) is 18.5 Å². The average molecular weight is 314 g/mol. The summed E-state index contributed by atoms with van der Waals surface area (Å²) in [5, 5.41) is 5.45. The van der Waals surface area contributed by atoms with E-state index in [1.807, 2.05) is 31.2 Å². The van der Waals surface area contributed by atoms with E-state index in [9.17, 15) is 9.59 Å². The first-order valence-electron chi connectivity index (χ1n) is 8.01. The number of hydrogen-bond acceptors (Lipinski definition) is 3. The molecule has 1 aromatic rings. The quantitative estimate of drug-likeness (QED) is 0.663. The van der Waals surface area contributed by atoms with Gasteiger partial charge in [-0.05, 0) is 43.9 Å². The van der Waals surface area contributed by atoms with Crippen molar-refractivity contribution in [2.24, 2.45) is 11.3 Å². The largest absolute Gasteiger partial charge is 0.465 e. The number of benzene rings is 1. The summed E-state index contributed by atoms with van der Waals surface area (Å²) < 4.78 is 5.30. The Kier molecular flexibility index (Phi) is 4.11. The van der Waals surface area contributed by atoms with E-state index in [0.29, 0.717) is 19.6 Å². The molecule has 23 heavy (non-hydrogen) atoms. The summed E-state index contributed by atoms with van der Waals surface area (Å²) in [5.74, 6) is 0.154. The number of cyclic esters (lactones) is 1. The number of esters is 1. The van der Waals surface area contributed by atoms with Gasteiger partial charge in [0.25, 0.3) is 0 Å². The summed E-state index contributed by atoms with van der Waals surface area (Å²) in [7, 11) is 0. The average Bonchev–Trinajstić information content (AvgIpc) is 2.97. The van der Waals surface area contributed by atoms with Crippen LogP contribution in [0.4, 0.5) is 10.5 Å². The smallest absolute Gasteiger partial charge is 0.319 e. The standard InChI is InChI=1S/C18H22N2O3/c1-3-19-17(22)20-15-6-4-13(5-7-15)10-18-9-12(2)8-14(18)11-23-16(18)21/h4-7,14H,2-3,8-11H2,1H3,(H2,19,20,22). The minimum Gasteiger partial charge on any atom is -0.465 e. The molecule has 0 aromatic heterocycles. The van der Waals surface area contributed by atoms with Crippen LogP contribution in [0.3, 0.4) is 0 Å². The van der Waals surface area contributed by atoms with Gasteiger partial charge in [-0.1, -0.05) is 24.3 Å². The lowest BCUT2D eigenvalue weighted by Gasteiger charge is -2.24. The van der Waals surface area contributed by atoms with Crippen molar-refractivity contribution in [3.05, 3.63) is 42.0 Å². The van der Waals surface area contributed by atoms with E-state index in [0.717, 1.165) is 29.7 Å². The molecule has 1 aliphatic carbocycles. The van der Waals surface area contributed by atoms with Crippen molar-refractivity contribution >= 4 is 17.7 Å². The second kappa shape index (κ2) is 6.07. The molecule has 1 saturated heterocycles. The Morgan fingerprint density at radius 2 is 2.13 bits per heavy atom. The van der Waals surface area contributed by atoms with Crippen LogP contribution in [0.2, 0.25) is 0 Å². The molecule has 0 bridgehead atoms. The highest BCUT2D eigenvalue weighted by Crippen LogP contribution is 2.52. The highest BCUT2D eigenvalue weighted by atomic mass is 16.5. The number of fused-ring (bicyclic) bond motifs is 1. The van der Waals surface area contributed by atoms with Crippen LogP contribution in [-0.4, -0.2) is 25.2 Å². The molecule has 2 atom stereocenters. The zero-order valence-electron chi connectivity index (χ0n) is 13.4. The van der Waals surface area contributed by atoms with E-state index < -0.39 is 5.41 Å². The Morgan fingerprint density at radius 3 is 2.83 bits per heavy atom. The van der Waals surface area contributed by atoms with Gasteiger partial charge < -0.3 is 15.4 Å². The van der Waals surface area contributed by atoms with Gasteiger partial charge in [-0.3, -0.25) is 4.79 Å². The van der Waals surface area contributed by atoms with E-state index >= 15 is 0 Å². The number of anilines is 1. The Hall–Kier alpha value is -2.30. The lowest BCUT2D eigenvalue weighted by molar-refractivity contribution is -0.146. The Labute approximate surface area is 136 Å². The molecular formula is C18H22N2O3. The number of allylic oxidation sites excluding steroid dienone is 1. The monoisotopic (exact) mass is 314 g/mol. The molecule has 2 amide bonds. The summed E-state index contributed by atoms with van der Waals surface area (Å²) in [6, 6.07) is 7.42. The van der Waals surface area contributed by atoms with Crippen LogP contribution in [0.15, 0.2) is 36.4 Å². The van der Waals surface area contributed by atoms with Gasteiger partial charge in [0.2, 0.25) is 0 Å². The molecule has 2 N–H and O–H groups in total. The van der Waals surface area contributed by atoms with Crippen molar-refractivity contribution in [3.8, 4) is 0 Å². The first kappa shape index (κ1) is 15.6. The van der Waals surface area contributed by atoms with Crippen LogP contribution >= 0.6 is 0 Å². The van der Waals surface area contributed by atoms with Crippen LogP contribution in [0, 0.1) is 11.3 Å². The fourth-order valence-corrected chi connectivity index (χ4v) is 3.67. The Bertz CT molecular complexity index is 638. The molecule has 122 valence electrons.